The summed E-state index contributed by atoms with van der Waals surface area (Å²) < 4.78 is 0. The van der Waals surface area contributed by atoms with E-state index < -0.39 is 22.5 Å². The third-order valence-electron chi connectivity index (χ3n) is 6.33. The topological polar surface area (TPSA) is 92.5 Å². The summed E-state index contributed by atoms with van der Waals surface area (Å²) in [7, 11) is 0. The number of hydrogen-bond acceptors (Lipinski definition) is 5. The number of nitrogens with two attached hydrogens (primary N) is 1. The van der Waals surface area contributed by atoms with Crippen LogP contribution in [0, 0.1) is 5.41 Å². The van der Waals surface area contributed by atoms with Gasteiger partial charge in [-0.25, -0.2) is 4.79 Å². The smallest absolute Gasteiger partial charge is 0.324 e. The number of urea groups is 1. The van der Waals surface area contributed by atoms with Gasteiger partial charge in [-0.2, -0.15) is 0 Å². The fourth-order valence-electron chi connectivity index (χ4n) is 4.32. The highest BCUT2D eigenvalue weighted by Crippen LogP contribution is 2.48. The maximum Gasteiger partial charge on any atom is 0.324 e. The lowest BCUT2D eigenvalue weighted by Gasteiger charge is -2.28. The first-order valence-electron chi connectivity index (χ1n) is 11.7. The second-order valence-electron chi connectivity index (χ2n) is 11.1. The Bertz CT molecular complexity index is 948. The number of imide groups is 1. The minimum absolute atomic E-state index is 0.0144. The molecule has 0 spiro atoms. The molecule has 0 aliphatic carbocycles. The third kappa shape index (κ3) is 5.62. The molecule has 180 valence electrons. The van der Waals surface area contributed by atoms with Crippen molar-refractivity contribution in [2.75, 3.05) is 13.1 Å². The van der Waals surface area contributed by atoms with Crippen LogP contribution in [0.4, 0.5) is 4.79 Å². The van der Waals surface area contributed by atoms with Crippen LogP contribution in [-0.2, 0) is 15.0 Å². The molecular formula is C26H37N3O3S. The molecule has 0 saturated carbocycles. The van der Waals surface area contributed by atoms with Crippen LogP contribution >= 0.6 is 11.8 Å². The molecule has 0 aromatic heterocycles. The van der Waals surface area contributed by atoms with Crippen LogP contribution in [0.3, 0.4) is 0 Å². The van der Waals surface area contributed by atoms with Crippen molar-refractivity contribution in [3.8, 4) is 0 Å². The summed E-state index contributed by atoms with van der Waals surface area (Å²) in [4.78, 5) is 41.0. The maximum absolute atomic E-state index is 13.4. The molecule has 2 aliphatic rings. The van der Waals surface area contributed by atoms with Crippen LogP contribution in [0.15, 0.2) is 34.9 Å². The van der Waals surface area contributed by atoms with E-state index >= 15 is 0 Å². The van der Waals surface area contributed by atoms with Crippen LogP contribution < -0.4 is 11.1 Å². The van der Waals surface area contributed by atoms with E-state index in [-0.39, 0.29) is 17.2 Å². The Morgan fingerprint density at radius 3 is 2.06 bits per heavy atom. The van der Waals surface area contributed by atoms with Gasteiger partial charge in [-0.05, 0) is 35.8 Å². The van der Waals surface area contributed by atoms with E-state index in [0.29, 0.717) is 23.7 Å². The third-order valence-corrected chi connectivity index (χ3v) is 7.54. The average Bonchev–Trinajstić information content (AvgIpc) is 3.09. The van der Waals surface area contributed by atoms with Gasteiger partial charge in [0, 0.05) is 30.0 Å². The van der Waals surface area contributed by atoms with E-state index in [1.807, 2.05) is 45.0 Å². The van der Waals surface area contributed by atoms with Crippen molar-refractivity contribution in [3.05, 3.63) is 46.0 Å². The summed E-state index contributed by atoms with van der Waals surface area (Å²) in [6.07, 6.45) is 2.99. The molecule has 0 radical (unpaired) electrons. The largest absolute Gasteiger partial charge is 0.393 e. The number of hydrogen-bond donors (Lipinski definition) is 2. The molecule has 6 nitrogen and oxygen atoms in total. The average molecular weight is 472 g/mol. The molecule has 2 aliphatic heterocycles. The number of amides is 3. The summed E-state index contributed by atoms with van der Waals surface area (Å²) in [5, 5.41) is 2.27. The summed E-state index contributed by atoms with van der Waals surface area (Å²) in [6.45, 7) is 13.3. The van der Waals surface area contributed by atoms with Gasteiger partial charge < -0.3 is 10.6 Å². The number of rotatable bonds is 3. The minimum Gasteiger partial charge on any atom is -0.393 e. The SMILES string of the molecule is CC(C)(C)C(=O)C1=C(N)S[C@H](C(=O)NC(=O)N2CCCCC2)[C@H]1c1ccc(C(C)(C)C)cc1. The summed E-state index contributed by atoms with van der Waals surface area (Å²) >= 11 is 1.18. The van der Waals surface area contributed by atoms with Gasteiger partial charge in [-0.3, -0.25) is 14.9 Å². The highest BCUT2D eigenvalue weighted by Gasteiger charge is 2.46. The number of nitrogens with one attached hydrogen (secondary N) is 1. The summed E-state index contributed by atoms with van der Waals surface area (Å²) in [5.41, 5.74) is 8.19. The number of benzene rings is 1. The monoisotopic (exact) mass is 471 g/mol. The molecule has 3 amide bonds. The lowest BCUT2D eigenvalue weighted by molar-refractivity contribution is -0.122. The highest BCUT2D eigenvalue weighted by molar-refractivity contribution is 8.04. The van der Waals surface area contributed by atoms with Crippen molar-refractivity contribution in [2.24, 2.45) is 11.1 Å². The van der Waals surface area contributed by atoms with Gasteiger partial charge in [0.2, 0.25) is 5.91 Å². The van der Waals surface area contributed by atoms with Gasteiger partial charge >= 0.3 is 6.03 Å². The van der Waals surface area contributed by atoms with Crippen LogP contribution in [0.5, 0.6) is 0 Å². The normalized spacial score (nSPS) is 21.8. The van der Waals surface area contributed by atoms with Crippen LogP contribution in [0.2, 0.25) is 0 Å². The van der Waals surface area contributed by atoms with Crippen molar-refractivity contribution in [3.63, 3.8) is 0 Å². The molecule has 3 rings (SSSR count). The number of Topliss-reactive ketones (excluding diaryl/α,β-unsaturated/α-hetero) is 1. The Hall–Kier alpha value is -2.28. The van der Waals surface area contributed by atoms with Crippen LogP contribution in [-0.4, -0.2) is 41.0 Å². The van der Waals surface area contributed by atoms with Crippen molar-refractivity contribution < 1.29 is 14.4 Å². The van der Waals surface area contributed by atoms with Crippen molar-refractivity contribution >= 4 is 29.5 Å². The molecule has 2 atom stereocenters. The van der Waals surface area contributed by atoms with E-state index in [1.54, 1.807) is 4.90 Å². The lowest BCUT2D eigenvalue weighted by atomic mass is 9.77. The number of thioether (sulfide) groups is 1. The Kier molecular flexibility index (Phi) is 7.32. The van der Waals surface area contributed by atoms with Gasteiger partial charge in [0.25, 0.3) is 0 Å². The molecule has 7 heteroatoms. The van der Waals surface area contributed by atoms with Gasteiger partial charge in [-0.15, -0.1) is 0 Å². The fraction of sp³-hybridized carbons (Fsp3) is 0.577. The molecule has 1 aromatic rings. The first kappa shape index (κ1) is 25.3. The van der Waals surface area contributed by atoms with E-state index in [4.69, 9.17) is 5.73 Å². The van der Waals surface area contributed by atoms with E-state index in [0.717, 1.165) is 24.8 Å². The predicted octanol–water partition coefficient (Wildman–Crippen LogP) is 4.69. The van der Waals surface area contributed by atoms with Crippen LogP contribution in [0.1, 0.15) is 77.8 Å². The molecule has 0 bridgehead atoms. The summed E-state index contributed by atoms with van der Waals surface area (Å²) in [5.74, 6) is -0.986. The predicted molar refractivity (Wildman–Crippen MR) is 134 cm³/mol. The fourth-order valence-corrected chi connectivity index (χ4v) is 5.53. The lowest BCUT2D eigenvalue weighted by Crippen LogP contribution is -2.48. The minimum atomic E-state index is -0.680. The van der Waals surface area contributed by atoms with Gasteiger partial charge in [0.05, 0.1) is 5.03 Å². The molecule has 1 fully saturated rings. The molecule has 3 N–H and O–H groups in total. The highest BCUT2D eigenvalue weighted by atomic mass is 32.2. The zero-order valence-electron chi connectivity index (χ0n) is 20.7. The molecule has 2 heterocycles. The van der Waals surface area contributed by atoms with Gasteiger partial charge in [-0.1, -0.05) is 77.6 Å². The zero-order valence-corrected chi connectivity index (χ0v) is 21.5. The molecular weight excluding hydrogens is 434 g/mol. The second-order valence-corrected chi connectivity index (χ2v) is 12.3. The molecule has 1 saturated heterocycles. The van der Waals surface area contributed by atoms with Crippen molar-refractivity contribution in [1.82, 2.24) is 10.2 Å². The second kappa shape index (κ2) is 9.53. The zero-order chi connectivity index (χ0) is 24.6. The Labute approximate surface area is 201 Å². The number of piperidine rings is 1. The maximum atomic E-state index is 13.4. The molecule has 0 unspecified atom stereocenters. The molecule has 1 aromatic carbocycles. The number of nitrogens with zero attached hydrogens (tertiary/aromatic N) is 1. The van der Waals surface area contributed by atoms with Crippen molar-refractivity contribution in [2.45, 2.75) is 77.4 Å². The summed E-state index contributed by atoms with van der Waals surface area (Å²) in [6, 6.07) is 7.68. The van der Waals surface area contributed by atoms with Gasteiger partial charge in [0.15, 0.2) is 5.78 Å². The van der Waals surface area contributed by atoms with Crippen LogP contribution in [0.25, 0.3) is 0 Å². The standard InChI is InChI=1S/C26H37N3O3S/c1-25(2,3)17-12-10-16(11-13-17)18-19(21(30)26(4,5)6)22(27)33-20(18)23(31)28-24(32)29-14-8-7-9-15-29/h10-13,18,20H,7-9,14-15,27H2,1-6H3,(H,28,31,32)/t18-,20-/m0/s1. The Morgan fingerprint density at radius 1 is 0.970 bits per heavy atom. The number of carbonyl (C=O) groups excluding carboxylic acids is 3. The van der Waals surface area contributed by atoms with Crippen molar-refractivity contribution in [1.29, 1.82) is 0 Å². The number of likely N-dealkylation sites (tertiary alicyclic amines) is 1. The van der Waals surface area contributed by atoms with E-state index in [1.165, 1.54) is 17.3 Å². The quantitative estimate of drug-likeness (QED) is 0.667. The first-order valence-corrected chi connectivity index (χ1v) is 12.6. The Morgan fingerprint density at radius 2 is 1.55 bits per heavy atom. The van der Waals surface area contributed by atoms with E-state index in [2.05, 4.69) is 26.1 Å². The number of allylic oxidation sites excluding steroid dienone is 1. The van der Waals surface area contributed by atoms with E-state index in [9.17, 15) is 14.4 Å². The number of carbonyl (C=O) groups is 3. The number of ketones is 1. The first-order chi connectivity index (χ1) is 15.3. The Balaban J connectivity index is 1.93. The molecule has 33 heavy (non-hydrogen) atoms. The van der Waals surface area contributed by atoms with Gasteiger partial charge in [0.1, 0.15) is 5.25 Å².